The molecule has 1 atom stereocenters. The van der Waals surface area contributed by atoms with Crippen LogP contribution in [0.2, 0.25) is 0 Å². The van der Waals surface area contributed by atoms with Gasteiger partial charge in [0.15, 0.2) is 0 Å². The second kappa shape index (κ2) is 5.02. The standard InChI is InChI=1S/C14H18FNOS/c1-14(2,3)18(17)16-9-10-4-7-12(11-5-6-11)13(15)8-10/h4,7-9,11H,5-6H2,1-3H3/b16-9+/t18-/m1/s1. The Morgan fingerprint density at radius 2 is 2.06 bits per heavy atom. The van der Waals surface area contributed by atoms with E-state index in [9.17, 15) is 8.94 Å². The minimum atomic E-state index is -1.30. The van der Waals surface area contributed by atoms with E-state index in [2.05, 4.69) is 4.40 Å². The van der Waals surface area contributed by atoms with Gasteiger partial charge in [0.2, 0.25) is 0 Å². The van der Waals surface area contributed by atoms with Crippen molar-refractivity contribution in [1.82, 2.24) is 0 Å². The molecule has 0 spiro atoms. The highest BCUT2D eigenvalue weighted by molar-refractivity contribution is 7.91. The van der Waals surface area contributed by atoms with Crippen molar-refractivity contribution < 1.29 is 8.94 Å². The van der Waals surface area contributed by atoms with Crippen molar-refractivity contribution in [2.45, 2.75) is 44.3 Å². The highest BCUT2D eigenvalue weighted by atomic mass is 32.2. The first-order valence-corrected chi connectivity index (χ1v) is 7.24. The Labute approximate surface area is 111 Å². The van der Waals surface area contributed by atoms with Gasteiger partial charge >= 0.3 is 0 Å². The van der Waals surface area contributed by atoms with Crippen LogP contribution in [0.15, 0.2) is 22.6 Å². The molecule has 0 heterocycles. The Hall–Kier alpha value is -0.870. The second-order valence-electron chi connectivity index (χ2n) is 5.65. The van der Waals surface area contributed by atoms with Crippen LogP contribution < -0.4 is 0 Å². The molecule has 0 amide bonds. The molecule has 0 bridgehead atoms. The zero-order valence-electron chi connectivity index (χ0n) is 10.9. The van der Waals surface area contributed by atoms with E-state index in [0.717, 1.165) is 18.4 Å². The van der Waals surface area contributed by atoms with Gasteiger partial charge in [0, 0.05) is 5.56 Å². The molecule has 1 aliphatic rings. The summed E-state index contributed by atoms with van der Waals surface area (Å²) in [6.45, 7) is 5.58. The van der Waals surface area contributed by atoms with Crippen molar-refractivity contribution in [2.75, 3.05) is 0 Å². The van der Waals surface area contributed by atoms with Gasteiger partial charge in [-0.05, 0) is 51.2 Å². The predicted molar refractivity (Wildman–Crippen MR) is 73.9 cm³/mol. The van der Waals surface area contributed by atoms with E-state index < -0.39 is 11.4 Å². The number of rotatable bonds is 3. The third-order valence-electron chi connectivity index (χ3n) is 2.86. The van der Waals surface area contributed by atoms with E-state index >= 15 is 0 Å². The minimum Gasteiger partial charge on any atom is -0.591 e. The minimum absolute atomic E-state index is 0.178. The normalized spacial score (nSPS) is 18.3. The molecule has 1 aromatic rings. The van der Waals surface area contributed by atoms with Crippen LogP contribution in [-0.2, 0) is 11.4 Å². The molecule has 0 radical (unpaired) electrons. The van der Waals surface area contributed by atoms with Crippen LogP contribution in [0.1, 0.15) is 50.7 Å². The molecular formula is C14H18FNOS. The largest absolute Gasteiger partial charge is 0.591 e. The summed E-state index contributed by atoms with van der Waals surface area (Å²) < 4.78 is 29.1. The Kier molecular flexibility index (Phi) is 3.78. The number of hydrogen-bond donors (Lipinski definition) is 0. The zero-order valence-corrected chi connectivity index (χ0v) is 11.8. The molecular weight excluding hydrogens is 249 g/mol. The number of hydrogen-bond acceptors (Lipinski definition) is 2. The Morgan fingerprint density at radius 3 is 2.56 bits per heavy atom. The van der Waals surface area contributed by atoms with Gasteiger partial charge in [0.25, 0.3) is 0 Å². The SMILES string of the molecule is CC(C)(C)[S@@+]([O-])/N=C/c1ccc(C2CC2)c(F)c1. The molecule has 1 saturated carbocycles. The maximum absolute atomic E-state index is 13.8. The number of nitrogens with zero attached hydrogens (tertiary/aromatic N) is 1. The molecule has 98 valence electrons. The van der Waals surface area contributed by atoms with Gasteiger partial charge < -0.3 is 4.55 Å². The molecule has 0 N–H and O–H groups in total. The van der Waals surface area contributed by atoms with Crippen molar-refractivity contribution >= 4 is 17.6 Å². The van der Waals surface area contributed by atoms with Gasteiger partial charge in [-0.1, -0.05) is 16.5 Å². The highest BCUT2D eigenvalue weighted by Crippen LogP contribution is 2.41. The van der Waals surface area contributed by atoms with Crippen molar-refractivity contribution in [1.29, 1.82) is 0 Å². The summed E-state index contributed by atoms with van der Waals surface area (Å²) in [5.41, 5.74) is 1.46. The summed E-state index contributed by atoms with van der Waals surface area (Å²) >= 11 is -1.30. The summed E-state index contributed by atoms with van der Waals surface area (Å²) in [5.74, 6) is 0.225. The second-order valence-corrected chi connectivity index (χ2v) is 7.59. The van der Waals surface area contributed by atoms with Crippen molar-refractivity contribution in [3.8, 4) is 0 Å². The van der Waals surface area contributed by atoms with E-state index in [1.165, 1.54) is 12.3 Å². The third-order valence-corrected chi connectivity index (χ3v) is 4.21. The fourth-order valence-corrected chi connectivity index (χ4v) is 2.15. The summed E-state index contributed by atoms with van der Waals surface area (Å²) in [4.78, 5) is 0. The van der Waals surface area contributed by atoms with Crippen LogP contribution in [0, 0.1) is 5.82 Å². The van der Waals surface area contributed by atoms with Crippen molar-refractivity contribution in [3.05, 3.63) is 35.1 Å². The monoisotopic (exact) mass is 267 g/mol. The fraction of sp³-hybridized carbons (Fsp3) is 0.500. The average Bonchev–Trinajstić information content (AvgIpc) is 3.08. The molecule has 18 heavy (non-hydrogen) atoms. The summed E-state index contributed by atoms with van der Waals surface area (Å²) in [6.07, 6.45) is 3.65. The van der Waals surface area contributed by atoms with Gasteiger partial charge in [0.05, 0.1) is 6.21 Å². The Morgan fingerprint density at radius 1 is 1.39 bits per heavy atom. The zero-order chi connectivity index (χ0) is 13.3. The van der Waals surface area contributed by atoms with Crippen molar-refractivity contribution in [2.24, 2.45) is 4.40 Å². The highest BCUT2D eigenvalue weighted by Gasteiger charge is 2.27. The van der Waals surface area contributed by atoms with Crippen LogP contribution in [0.4, 0.5) is 4.39 Å². The van der Waals surface area contributed by atoms with Gasteiger partial charge in [-0.2, -0.15) is 0 Å². The maximum atomic E-state index is 13.8. The van der Waals surface area contributed by atoms with Gasteiger partial charge in [-0.3, -0.25) is 0 Å². The van der Waals surface area contributed by atoms with E-state index in [1.54, 1.807) is 0 Å². The molecule has 2 nitrogen and oxygen atoms in total. The first-order valence-electron chi connectivity index (χ1n) is 6.13. The van der Waals surface area contributed by atoms with Gasteiger partial charge in [-0.25, -0.2) is 4.39 Å². The van der Waals surface area contributed by atoms with E-state index in [1.807, 2.05) is 32.9 Å². The average molecular weight is 267 g/mol. The van der Waals surface area contributed by atoms with E-state index in [4.69, 9.17) is 0 Å². The lowest BCUT2D eigenvalue weighted by Gasteiger charge is -2.17. The third kappa shape index (κ3) is 3.33. The van der Waals surface area contributed by atoms with Gasteiger partial charge in [0.1, 0.15) is 21.9 Å². The topological polar surface area (TPSA) is 35.4 Å². The summed E-state index contributed by atoms with van der Waals surface area (Å²) in [6, 6.07) is 5.12. The maximum Gasteiger partial charge on any atom is 0.144 e. The van der Waals surface area contributed by atoms with E-state index in [0.29, 0.717) is 11.5 Å². The molecule has 0 aromatic heterocycles. The molecule has 1 fully saturated rings. The van der Waals surface area contributed by atoms with Crippen LogP contribution >= 0.6 is 0 Å². The van der Waals surface area contributed by atoms with Crippen molar-refractivity contribution in [3.63, 3.8) is 0 Å². The Balaban J connectivity index is 2.10. The smallest absolute Gasteiger partial charge is 0.144 e. The number of benzene rings is 1. The van der Waals surface area contributed by atoms with Crippen LogP contribution in [0.3, 0.4) is 0 Å². The van der Waals surface area contributed by atoms with Crippen LogP contribution in [0.5, 0.6) is 0 Å². The lowest BCUT2D eigenvalue weighted by atomic mass is 10.1. The summed E-state index contributed by atoms with van der Waals surface area (Å²) in [5, 5.41) is 0. The predicted octanol–water partition coefficient (Wildman–Crippen LogP) is 3.58. The fourth-order valence-electron chi connectivity index (χ4n) is 1.62. The molecule has 4 heteroatoms. The first-order chi connectivity index (χ1) is 8.38. The Bertz CT molecular complexity index is 463. The summed E-state index contributed by atoms with van der Waals surface area (Å²) in [7, 11) is 0. The number of halogens is 1. The van der Waals surface area contributed by atoms with Crippen LogP contribution in [-0.4, -0.2) is 15.5 Å². The van der Waals surface area contributed by atoms with E-state index in [-0.39, 0.29) is 10.6 Å². The quantitative estimate of drug-likeness (QED) is 0.609. The lowest BCUT2D eigenvalue weighted by Crippen LogP contribution is -2.25. The first kappa shape index (κ1) is 13.6. The molecule has 0 aliphatic heterocycles. The van der Waals surface area contributed by atoms with Crippen LogP contribution in [0.25, 0.3) is 0 Å². The molecule has 0 unspecified atom stereocenters. The molecule has 1 aromatic carbocycles. The van der Waals surface area contributed by atoms with Gasteiger partial charge in [-0.15, -0.1) is 0 Å². The lowest BCUT2D eigenvalue weighted by molar-refractivity contribution is 0.561. The molecule has 0 saturated heterocycles. The molecule has 2 rings (SSSR count). The molecule has 1 aliphatic carbocycles.